The van der Waals surface area contributed by atoms with Gasteiger partial charge in [-0.25, -0.2) is 8.42 Å². The molecule has 0 aliphatic heterocycles. The summed E-state index contributed by atoms with van der Waals surface area (Å²) in [4.78, 5) is 0.149. The molecule has 0 bridgehead atoms. The zero-order chi connectivity index (χ0) is 17.5. The lowest BCUT2D eigenvalue weighted by Crippen LogP contribution is -2.35. The third kappa shape index (κ3) is 2.69. The average Bonchev–Trinajstić information content (AvgIpc) is 3.23. The van der Waals surface area contributed by atoms with Crippen molar-refractivity contribution in [3.05, 3.63) is 59.1 Å². The Morgan fingerprint density at radius 1 is 1.17 bits per heavy atom. The van der Waals surface area contributed by atoms with E-state index in [0.29, 0.717) is 10.8 Å². The highest BCUT2D eigenvalue weighted by Crippen LogP contribution is 2.55. The van der Waals surface area contributed by atoms with Crippen LogP contribution in [0.4, 0.5) is 0 Å². The molecule has 0 aromatic heterocycles. The third-order valence-electron chi connectivity index (χ3n) is 4.53. The molecular formula is C17H18ClNO4S. The summed E-state index contributed by atoms with van der Waals surface area (Å²) in [6.45, 7) is -0.415. The Hall–Kier alpha value is -1.60. The van der Waals surface area contributed by atoms with Crippen LogP contribution in [0.25, 0.3) is 0 Å². The number of hydrogen-bond donors (Lipinski definition) is 2. The van der Waals surface area contributed by atoms with Crippen LogP contribution in [0.1, 0.15) is 11.5 Å². The predicted molar refractivity (Wildman–Crippen MR) is 92.2 cm³/mol. The number of aliphatic hydroxyl groups is 1. The van der Waals surface area contributed by atoms with Crippen LogP contribution < -0.4 is 10.5 Å². The van der Waals surface area contributed by atoms with Crippen LogP contribution in [0.3, 0.4) is 0 Å². The molecule has 0 radical (unpaired) electrons. The quantitative estimate of drug-likeness (QED) is 0.843. The average molecular weight is 368 g/mol. The molecule has 0 unspecified atom stereocenters. The molecule has 0 heterocycles. The molecule has 5 nitrogen and oxygen atoms in total. The SMILES string of the molecule is COc1ccc([C@H]2[C@@H](S(=O)(=O)c3ccc(Cl)cc3)[C@@]2(N)CO)cc1. The fraction of sp³-hybridized carbons (Fsp3) is 0.294. The van der Waals surface area contributed by atoms with E-state index in [4.69, 9.17) is 22.1 Å². The molecule has 1 aliphatic carbocycles. The molecule has 1 saturated carbocycles. The van der Waals surface area contributed by atoms with E-state index in [0.717, 1.165) is 5.56 Å². The third-order valence-corrected chi connectivity index (χ3v) is 7.09. The largest absolute Gasteiger partial charge is 0.497 e. The van der Waals surface area contributed by atoms with Gasteiger partial charge in [-0.3, -0.25) is 0 Å². The van der Waals surface area contributed by atoms with E-state index in [2.05, 4.69) is 0 Å². The lowest BCUT2D eigenvalue weighted by Gasteiger charge is -2.08. The Balaban J connectivity index is 1.98. The molecule has 2 aromatic rings. The Bertz CT molecular complexity index is 836. The van der Waals surface area contributed by atoms with Gasteiger partial charge in [-0.05, 0) is 42.0 Å². The normalized spacial score (nSPS) is 26.2. The van der Waals surface area contributed by atoms with E-state index in [1.165, 1.54) is 24.3 Å². The van der Waals surface area contributed by atoms with Crippen LogP contribution in [0, 0.1) is 0 Å². The molecule has 1 aliphatic rings. The Morgan fingerprint density at radius 3 is 2.25 bits per heavy atom. The second-order valence-corrected chi connectivity index (χ2v) is 8.45. The first kappa shape index (κ1) is 17.2. The molecule has 24 heavy (non-hydrogen) atoms. The van der Waals surface area contributed by atoms with Crippen LogP contribution in [0.15, 0.2) is 53.4 Å². The lowest BCUT2D eigenvalue weighted by molar-refractivity contribution is 0.253. The summed E-state index contributed by atoms with van der Waals surface area (Å²) in [7, 11) is -2.13. The highest BCUT2D eigenvalue weighted by molar-refractivity contribution is 7.92. The topological polar surface area (TPSA) is 89.6 Å². The minimum absolute atomic E-state index is 0.149. The molecule has 128 valence electrons. The standard InChI is InChI=1S/C17H18ClNO4S/c1-23-13-6-2-11(3-7-13)15-16(17(15,19)10-20)24(21,22)14-8-4-12(18)5-9-14/h2-9,15-16,20H,10,19H2,1H3/t15-,16+,17+/m0/s1. The molecule has 0 amide bonds. The highest BCUT2D eigenvalue weighted by Gasteiger charge is 2.69. The van der Waals surface area contributed by atoms with Crippen LogP contribution in [-0.4, -0.2) is 38.0 Å². The Morgan fingerprint density at radius 2 is 1.75 bits per heavy atom. The van der Waals surface area contributed by atoms with Crippen molar-refractivity contribution in [3.63, 3.8) is 0 Å². The number of ether oxygens (including phenoxy) is 1. The van der Waals surface area contributed by atoms with Gasteiger partial charge in [0.15, 0.2) is 9.84 Å². The molecule has 3 rings (SSSR count). The smallest absolute Gasteiger partial charge is 0.183 e. The van der Waals surface area contributed by atoms with Crippen molar-refractivity contribution >= 4 is 21.4 Å². The van der Waals surface area contributed by atoms with Crippen molar-refractivity contribution in [2.24, 2.45) is 5.73 Å². The summed E-state index contributed by atoms with van der Waals surface area (Å²) in [5.41, 5.74) is 5.76. The van der Waals surface area contributed by atoms with Gasteiger partial charge in [-0.15, -0.1) is 0 Å². The van der Waals surface area contributed by atoms with Crippen molar-refractivity contribution in [2.75, 3.05) is 13.7 Å². The van der Waals surface area contributed by atoms with Crippen molar-refractivity contribution in [3.8, 4) is 5.75 Å². The van der Waals surface area contributed by atoms with Crippen molar-refractivity contribution in [2.45, 2.75) is 21.6 Å². The van der Waals surface area contributed by atoms with Gasteiger partial charge < -0.3 is 15.6 Å². The van der Waals surface area contributed by atoms with E-state index in [1.807, 2.05) is 0 Å². The molecule has 3 N–H and O–H groups in total. The lowest BCUT2D eigenvalue weighted by atomic mass is 10.1. The number of aliphatic hydroxyl groups excluding tert-OH is 1. The molecular weight excluding hydrogens is 350 g/mol. The van der Waals surface area contributed by atoms with E-state index in [-0.39, 0.29) is 4.90 Å². The molecule has 2 aromatic carbocycles. The maximum absolute atomic E-state index is 12.9. The van der Waals surface area contributed by atoms with Gasteiger partial charge >= 0.3 is 0 Å². The molecule has 0 saturated heterocycles. The minimum Gasteiger partial charge on any atom is -0.497 e. The molecule has 3 atom stereocenters. The second kappa shape index (κ2) is 6.04. The Labute approximate surface area is 145 Å². The first-order valence-electron chi connectivity index (χ1n) is 7.38. The van der Waals surface area contributed by atoms with Gasteiger partial charge in [-0.1, -0.05) is 23.7 Å². The maximum atomic E-state index is 12.9. The van der Waals surface area contributed by atoms with Gasteiger partial charge in [0.1, 0.15) is 5.75 Å². The number of benzene rings is 2. The number of hydrogen-bond acceptors (Lipinski definition) is 5. The molecule has 1 fully saturated rings. The van der Waals surface area contributed by atoms with Crippen LogP contribution in [0.2, 0.25) is 5.02 Å². The summed E-state index contributed by atoms with van der Waals surface area (Å²) in [5, 5.41) is 9.26. The number of nitrogens with two attached hydrogens (primary N) is 1. The van der Waals surface area contributed by atoms with Crippen LogP contribution in [0.5, 0.6) is 5.75 Å². The van der Waals surface area contributed by atoms with Crippen LogP contribution >= 0.6 is 11.6 Å². The van der Waals surface area contributed by atoms with Crippen molar-refractivity contribution in [1.29, 1.82) is 0 Å². The summed E-state index contributed by atoms with van der Waals surface area (Å²) in [6.07, 6.45) is 0. The highest BCUT2D eigenvalue weighted by atomic mass is 35.5. The Kier molecular flexibility index (Phi) is 4.34. The maximum Gasteiger partial charge on any atom is 0.183 e. The predicted octanol–water partition coefficient (Wildman–Crippen LogP) is 1.98. The number of rotatable bonds is 5. The molecule has 7 heteroatoms. The monoisotopic (exact) mass is 367 g/mol. The van der Waals surface area contributed by atoms with Crippen molar-refractivity contribution < 1.29 is 18.3 Å². The van der Waals surface area contributed by atoms with E-state index < -0.39 is 33.2 Å². The van der Waals surface area contributed by atoms with Crippen LogP contribution in [-0.2, 0) is 9.84 Å². The number of halogens is 1. The molecule has 0 spiro atoms. The van der Waals surface area contributed by atoms with Gasteiger partial charge in [0, 0.05) is 10.9 Å². The summed E-state index contributed by atoms with van der Waals surface area (Å²) in [6, 6.07) is 13.0. The number of methoxy groups -OCH3 is 1. The first-order chi connectivity index (χ1) is 11.3. The van der Waals surface area contributed by atoms with Gasteiger partial charge in [0.25, 0.3) is 0 Å². The van der Waals surface area contributed by atoms with E-state index in [9.17, 15) is 13.5 Å². The minimum atomic E-state index is -3.69. The van der Waals surface area contributed by atoms with E-state index in [1.54, 1.807) is 31.4 Å². The van der Waals surface area contributed by atoms with Gasteiger partial charge in [-0.2, -0.15) is 0 Å². The summed E-state index contributed by atoms with van der Waals surface area (Å²) in [5.74, 6) is 0.192. The zero-order valence-corrected chi connectivity index (χ0v) is 14.6. The summed E-state index contributed by atoms with van der Waals surface area (Å²) < 4.78 is 31.0. The van der Waals surface area contributed by atoms with E-state index >= 15 is 0 Å². The summed E-state index contributed by atoms with van der Waals surface area (Å²) >= 11 is 5.82. The second-order valence-electron chi connectivity index (χ2n) is 5.94. The van der Waals surface area contributed by atoms with Gasteiger partial charge in [0.05, 0.1) is 29.4 Å². The number of sulfone groups is 1. The first-order valence-corrected chi connectivity index (χ1v) is 9.30. The van der Waals surface area contributed by atoms with Crippen molar-refractivity contribution in [1.82, 2.24) is 0 Å². The van der Waals surface area contributed by atoms with Gasteiger partial charge in [0.2, 0.25) is 0 Å². The fourth-order valence-electron chi connectivity index (χ4n) is 3.15. The zero-order valence-electron chi connectivity index (χ0n) is 13.0. The fourth-order valence-corrected chi connectivity index (χ4v) is 5.57.